The molecule has 0 N–H and O–H groups in total. The monoisotopic (exact) mass is 2400 g/mol. The van der Waals surface area contributed by atoms with Gasteiger partial charge in [0.2, 0.25) is 0 Å². The van der Waals surface area contributed by atoms with E-state index in [4.69, 9.17) is 43.6 Å². The van der Waals surface area contributed by atoms with Crippen molar-refractivity contribution < 1.29 is 55.2 Å². The average Bonchev–Trinajstić information content (AvgIpc) is 1.02. The van der Waals surface area contributed by atoms with E-state index in [2.05, 4.69) is 204 Å². The van der Waals surface area contributed by atoms with Gasteiger partial charge in [0.05, 0.1) is 168 Å². The van der Waals surface area contributed by atoms with Crippen molar-refractivity contribution in [2.24, 2.45) is 28.2 Å². The Morgan fingerprint density at radius 1 is 0.369 bits per heavy atom. The van der Waals surface area contributed by atoms with E-state index in [9.17, 15) is 8.78 Å². The molecule has 10 aromatic carbocycles. The fraction of sp³-hybridized carbons (Fsp3) is 0.200. The number of aromatic nitrogens is 8. The lowest BCUT2D eigenvalue weighted by molar-refractivity contribution is -0.870. The number of aryl methyl sites for hydroxylation is 5. The van der Waals surface area contributed by atoms with Crippen molar-refractivity contribution in [3.63, 3.8) is 0 Å². The summed E-state index contributed by atoms with van der Waals surface area (Å²) in [7, 11) is 31.3. The Morgan fingerprint density at radius 2 is 0.785 bits per heavy atom. The molecule has 4 aliphatic heterocycles. The highest BCUT2D eigenvalue weighted by molar-refractivity contribution is 14.0. The van der Waals surface area contributed by atoms with Crippen molar-refractivity contribution in [3.05, 3.63) is 290 Å². The van der Waals surface area contributed by atoms with Gasteiger partial charge in [-0.25, -0.2) is 27.0 Å². The molecule has 0 spiro atoms. The SMILES string of the molecule is CN1C(=Cc2nc(-c3ccccc3)[n+](C)c3ccsc23)Sc2ccccc21.COc1cc2c(C=C3Sc4ccc(F)cc4N3C)nc(-c3ccccc3)[n+](C)c2cc1OC.COc1ccc2c(c(C=C3Sc4ccccc4N3C)nc(CCCC[N+](C)(C)C)[n+]2C)c1OC.COc1ccc2c(c1)c(C=C1Sc3ccc(F)cc3N1C)nc(-c1ccccc1)[n+]2C.I.I.I.I.I. The Bertz CT molecular complexity index is 6800. The van der Waals surface area contributed by atoms with Crippen LogP contribution in [-0.2, 0) is 34.6 Å². The number of rotatable bonds is 17. The van der Waals surface area contributed by atoms with Crippen molar-refractivity contribution >= 4 is 268 Å². The van der Waals surface area contributed by atoms with Gasteiger partial charge in [-0.15, -0.1) is 131 Å². The molecule has 0 fully saturated rings. The number of halogens is 7. The second-order valence-electron chi connectivity index (χ2n) is 31.4. The third-order valence-electron chi connectivity index (χ3n) is 22.4. The Hall–Kier alpha value is -8.71. The Labute approximate surface area is 865 Å². The lowest BCUT2D eigenvalue weighted by Gasteiger charge is -2.23. The molecule has 0 bridgehead atoms. The Balaban J connectivity index is 0.000000166. The number of fused-ring (bicyclic) bond motifs is 8. The largest absolute Gasteiger partial charge is 0.497 e. The zero-order chi connectivity index (χ0) is 87.5. The van der Waals surface area contributed by atoms with Crippen LogP contribution in [0, 0.1) is 11.6 Å². The maximum atomic E-state index is 13.8. The number of hydrogen-bond donors (Lipinski definition) is 0. The van der Waals surface area contributed by atoms with E-state index in [1.54, 1.807) is 106 Å². The molecular formula is C100H103F2I5N13O5S5+5. The second-order valence-corrected chi connectivity index (χ2v) is 36.5. The van der Waals surface area contributed by atoms with E-state index in [-0.39, 0.29) is 132 Å². The van der Waals surface area contributed by atoms with E-state index < -0.39 is 0 Å². The summed E-state index contributed by atoms with van der Waals surface area (Å²) in [6, 6.07) is 73.6. The molecule has 15 aromatic rings. The topological polar surface area (TPSA) is 126 Å². The summed E-state index contributed by atoms with van der Waals surface area (Å²) in [5.74, 6) is 6.77. The summed E-state index contributed by atoms with van der Waals surface area (Å²) in [5, 5.41) is 9.33. The zero-order valence-electron chi connectivity index (χ0n) is 74.8. The summed E-state index contributed by atoms with van der Waals surface area (Å²) in [5.41, 5.74) is 15.2. The first-order valence-electron chi connectivity index (χ1n) is 40.8. The van der Waals surface area contributed by atoms with E-state index in [1.807, 2.05) is 141 Å². The molecule has 0 aliphatic carbocycles. The summed E-state index contributed by atoms with van der Waals surface area (Å²) < 4.78 is 66.4. The minimum atomic E-state index is -0.249. The molecular weight excluding hydrogens is 2300 g/mol. The van der Waals surface area contributed by atoms with Crippen molar-refractivity contribution in [2.75, 3.05) is 111 Å². The van der Waals surface area contributed by atoms with Gasteiger partial charge in [-0.1, -0.05) is 126 Å². The van der Waals surface area contributed by atoms with Crippen LogP contribution in [0.1, 0.15) is 41.4 Å². The van der Waals surface area contributed by atoms with Crippen molar-refractivity contribution in [3.8, 4) is 62.9 Å². The van der Waals surface area contributed by atoms with E-state index in [0.29, 0.717) is 17.2 Å². The van der Waals surface area contributed by atoms with Gasteiger partial charge in [-0.05, 0) is 178 Å². The molecule has 0 radical (unpaired) electrons. The molecule has 130 heavy (non-hydrogen) atoms. The Kier molecular flexibility index (Phi) is 35.2. The lowest BCUT2D eigenvalue weighted by Crippen LogP contribution is -2.37. The van der Waals surface area contributed by atoms with Gasteiger partial charge in [0.15, 0.2) is 45.8 Å². The van der Waals surface area contributed by atoms with Crippen LogP contribution in [0.4, 0.5) is 31.5 Å². The van der Waals surface area contributed by atoms with E-state index in [0.717, 1.165) is 167 Å². The van der Waals surface area contributed by atoms with Crippen LogP contribution in [0.25, 0.3) is 101 Å². The standard InChI is InChI=1S/C27H36N4O2S.C26H23FN3O2S.C25H21FN3OS.C22H18N3S2.5HI/c1-29-21-15-16-22(32-6)27(33-7)26(21)19(28-24(29)14-10-11-17-31(3,4)5)18-25-30(2)20-12-8-9-13-23(20)34-25;1-29-21-12-17(27)10-11-24(21)33-25(29)14-19-18-13-22(31-3)23(32-4)15-20(18)30(2)26(28-19)16-8-6-5-7-9-16;1-28-22-13-17(26)9-12-23(22)31-24(28)15-20-19-14-18(30-3)10-11-21(19)29(2)25(27-20)16-7-5-4-6-8-16;1-24-17-10-6-7-11-19(17)27-20(24)14-16-21-18(12-13-26-21)25(2)22(23-16)15-8-4-3-5-9-15;;;;;/h8-9,12-13,15-16,18H,10-11,14,17H2,1-7H3;5-15H,1-4H3;4-15H,1-3H3;3-14H,1-2H3;5*1H/q+2;3*+1;;;;;. The number of ether oxygens (including phenoxy) is 5. The van der Waals surface area contributed by atoms with Crippen LogP contribution in [0.3, 0.4) is 0 Å². The maximum Gasteiger partial charge on any atom is 0.331 e. The fourth-order valence-corrected chi connectivity index (χ4v) is 20.9. The molecule has 18 nitrogen and oxygen atoms in total. The zero-order valence-corrected chi connectivity index (χ0v) is 90.5. The minimum absolute atomic E-state index is 0. The Morgan fingerprint density at radius 3 is 1.25 bits per heavy atom. The molecule has 0 saturated carbocycles. The molecule has 0 atom stereocenters. The molecule has 9 heterocycles. The number of quaternary nitrogens is 1. The number of hydrogen-bond acceptors (Lipinski definition) is 18. The lowest BCUT2D eigenvalue weighted by atomic mass is 10.1. The van der Waals surface area contributed by atoms with Crippen molar-refractivity contribution in [1.82, 2.24) is 19.9 Å². The molecule has 0 amide bonds. The van der Waals surface area contributed by atoms with Gasteiger partial charge in [0, 0.05) is 78.1 Å². The van der Waals surface area contributed by atoms with Crippen molar-refractivity contribution in [2.45, 2.75) is 38.8 Å². The summed E-state index contributed by atoms with van der Waals surface area (Å²) in [4.78, 5) is 33.4. The van der Waals surface area contributed by atoms with E-state index >= 15 is 0 Å². The van der Waals surface area contributed by atoms with Gasteiger partial charge in [0.1, 0.15) is 49.5 Å². The van der Waals surface area contributed by atoms with Crippen LogP contribution in [0.15, 0.2) is 270 Å². The van der Waals surface area contributed by atoms with Gasteiger partial charge in [-0.2, -0.15) is 0 Å². The van der Waals surface area contributed by atoms with Crippen molar-refractivity contribution in [1.29, 1.82) is 0 Å². The highest BCUT2D eigenvalue weighted by atomic mass is 127. The van der Waals surface area contributed by atoms with Crippen LogP contribution in [0.2, 0.25) is 0 Å². The molecule has 0 unspecified atom stereocenters. The third-order valence-corrected chi connectivity index (χ3v) is 28.0. The quantitative estimate of drug-likeness (QED) is 0.0371. The fourth-order valence-electron chi connectivity index (χ4n) is 15.7. The van der Waals surface area contributed by atoms with Crippen LogP contribution in [-0.4, -0.2) is 116 Å². The smallest absolute Gasteiger partial charge is 0.331 e. The maximum absolute atomic E-state index is 13.8. The number of benzene rings is 10. The average molecular weight is 2400 g/mol. The third kappa shape index (κ3) is 21.7. The molecule has 672 valence electrons. The molecule has 0 saturated heterocycles. The summed E-state index contributed by atoms with van der Waals surface area (Å²) >= 11 is 8.53. The number of thioether (sulfide) groups is 4. The summed E-state index contributed by atoms with van der Waals surface area (Å²) in [6.07, 6.45) is 11.7. The highest BCUT2D eigenvalue weighted by Gasteiger charge is 2.33. The molecule has 4 aliphatic rings. The number of anilines is 4. The van der Waals surface area contributed by atoms with Gasteiger partial charge in [0.25, 0.3) is 5.82 Å². The van der Waals surface area contributed by atoms with Gasteiger partial charge < -0.3 is 47.8 Å². The van der Waals surface area contributed by atoms with Crippen LogP contribution in [0.5, 0.6) is 28.7 Å². The van der Waals surface area contributed by atoms with Crippen LogP contribution < -0.4 is 61.6 Å². The number of nitrogens with zero attached hydrogens (tertiary/aromatic N) is 13. The second kappa shape index (κ2) is 44.9. The molecule has 30 heteroatoms. The highest BCUT2D eigenvalue weighted by Crippen LogP contribution is 2.51. The predicted molar refractivity (Wildman–Crippen MR) is 586 cm³/mol. The van der Waals surface area contributed by atoms with Gasteiger partial charge in [-0.3, -0.25) is 0 Å². The summed E-state index contributed by atoms with van der Waals surface area (Å²) in [6.45, 7) is 1.15. The molecule has 5 aromatic heterocycles. The first kappa shape index (κ1) is 102. The first-order chi connectivity index (χ1) is 60.5. The number of unbranched alkanes of at least 4 members (excludes halogenated alkanes) is 1. The number of methoxy groups -OCH3 is 5. The van der Waals surface area contributed by atoms with Gasteiger partial charge >= 0.3 is 17.5 Å². The predicted octanol–water partition coefficient (Wildman–Crippen LogP) is 23.9. The van der Waals surface area contributed by atoms with Crippen LogP contribution >= 0.6 is 178 Å². The minimum Gasteiger partial charge on any atom is -0.497 e. The first-order valence-corrected chi connectivity index (χ1v) is 45.0. The number of para-hydroxylation sites is 2. The number of thiophene rings is 1. The molecule has 19 rings (SSSR count). The van der Waals surface area contributed by atoms with E-state index in [1.165, 1.54) is 55.0 Å². The normalized spacial score (nSPS) is 13.9.